The third kappa shape index (κ3) is 3.26. The third-order valence-electron chi connectivity index (χ3n) is 4.29. The summed E-state index contributed by atoms with van der Waals surface area (Å²) < 4.78 is 34.9. The number of thiophene rings is 1. The topological polar surface area (TPSA) is 50.8 Å². The molecule has 0 spiro atoms. The van der Waals surface area contributed by atoms with E-state index >= 15 is 0 Å². The maximum absolute atomic E-state index is 13.0. The summed E-state index contributed by atoms with van der Waals surface area (Å²) in [6.45, 7) is 0.828. The molecule has 132 valence electrons. The molecule has 1 saturated heterocycles. The Balaban J connectivity index is 1.39. The normalized spacial score (nSPS) is 20.7. The average Bonchev–Trinajstić information content (AvgIpc) is 3.29. The van der Waals surface area contributed by atoms with E-state index in [1.54, 1.807) is 17.4 Å². The number of carbonyl (C=O) groups is 1. The Labute approximate surface area is 147 Å². The van der Waals surface area contributed by atoms with Gasteiger partial charge in [0.05, 0.1) is 12.6 Å². The van der Waals surface area contributed by atoms with Gasteiger partial charge in [-0.05, 0) is 36.4 Å². The summed E-state index contributed by atoms with van der Waals surface area (Å²) in [5.41, 5.74) is 0.528. The first kappa shape index (κ1) is 16.1. The number of carbonyl (C=O) groups excluding carboxylic acids is 1. The Morgan fingerprint density at radius 2 is 2.16 bits per heavy atom. The molecule has 8 heteroatoms. The quantitative estimate of drug-likeness (QED) is 0.893. The zero-order valence-electron chi connectivity index (χ0n) is 13.2. The predicted molar refractivity (Wildman–Crippen MR) is 89.1 cm³/mol. The molecule has 0 radical (unpaired) electrons. The van der Waals surface area contributed by atoms with Gasteiger partial charge in [0.1, 0.15) is 0 Å². The van der Waals surface area contributed by atoms with Gasteiger partial charge in [0.15, 0.2) is 11.5 Å². The fraction of sp³-hybridized carbons (Fsp3) is 0.353. The molecule has 1 fully saturated rings. The summed E-state index contributed by atoms with van der Waals surface area (Å²) in [5, 5.41) is 4.99. The lowest BCUT2D eigenvalue weighted by molar-refractivity contribution is -0.286. The second kappa shape index (κ2) is 6.18. The molecule has 1 amide bonds. The number of anilines is 1. The molecule has 2 aromatic rings. The highest BCUT2D eigenvalue weighted by Gasteiger charge is 2.43. The molecule has 4 rings (SSSR count). The van der Waals surface area contributed by atoms with Gasteiger partial charge in [-0.15, -0.1) is 20.1 Å². The number of alkyl halides is 2. The van der Waals surface area contributed by atoms with Crippen LogP contribution >= 0.6 is 11.3 Å². The molecule has 25 heavy (non-hydrogen) atoms. The number of hydrogen-bond acceptors (Lipinski definition) is 5. The first-order valence-corrected chi connectivity index (χ1v) is 8.86. The van der Waals surface area contributed by atoms with Crippen molar-refractivity contribution in [2.45, 2.75) is 25.2 Å². The van der Waals surface area contributed by atoms with Crippen LogP contribution in [0.25, 0.3) is 0 Å². The largest absolute Gasteiger partial charge is 0.586 e. The average molecular weight is 366 g/mol. The van der Waals surface area contributed by atoms with Gasteiger partial charge in [0.25, 0.3) is 0 Å². The molecular weight excluding hydrogens is 350 g/mol. The first-order valence-electron chi connectivity index (χ1n) is 7.98. The Kier molecular flexibility index (Phi) is 3.99. The van der Waals surface area contributed by atoms with E-state index in [0.717, 1.165) is 19.4 Å². The Morgan fingerprint density at radius 1 is 1.32 bits per heavy atom. The SMILES string of the molecule is O=C(CNc1ccc2c(c1)OC(F)(F)O2)N1CCC[C@@H]1c1cccs1. The minimum Gasteiger partial charge on any atom is -0.395 e. The summed E-state index contributed by atoms with van der Waals surface area (Å²) in [6, 6.07) is 8.55. The molecule has 2 aliphatic heterocycles. The molecular formula is C17H16F2N2O3S. The molecule has 1 aromatic heterocycles. The standard InChI is InChI=1S/C17H16F2N2O3S/c18-17(19)23-13-6-5-11(9-14(13)24-17)20-10-16(22)21-7-1-3-12(21)15-4-2-8-25-15/h2,4-6,8-9,12,20H,1,3,7,10H2/t12-/m1/s1. The number of hydrogen-bond donors (Lipinski definition) is 1. The van der Waals surface area contributed by atoms with E-state index in [9.17, 15) is 13.6 Å². The molecule has 1 atom stereocenters. The number of rotatable bonds is 4. The lowest BCUT2D eigenvalue weighted by atomic mass is 10.2. The highest BCUT2D eigenvalue weighted by atomic mass is 32.1. The number of amides is 1. The minimum absolute atomic E-state index is 0.0146. The Bertz CT molecular complexity index is 782. The molecule has 1 N–H and O–H groups in total. The highest BCUT2D eigenvalue weighted by Crippen LogP contribution is 2.42. The summed E-state index contributed by atoms with van der Waals surface area (Å²) >= 11 is 1.65. The summed E-state index contributed by atoms with van der Waals surface area (Å²) in [7, 11) is 0. The van der Waals surface area contributed by atoms with Gasteiger partial charge in [-0.1, -0.05) is 6.07 Å². The fourth-order valence-electron chi connectivity index (χ4n) is 3.18. The lowest BCUT2D eigenvalue weighted by Crippen LogP contribution is -2.34. The van der Waals surface area contributed by atoms with Crippen LogP contribution in [0.3, 0.4) is 0 Å². The summed E-state index contributed by atoms with van der Waals surface area (Å²) in [5.74, 6) is -0.0711. The van der Waals surface area contributed by atoms with Gasteiger partial charge in [-0.25, -0.2) is 0 Å². The Morgan fingerprint density at radius 3 is 2.96 bits per heavy atom. The van der Waals surface area contributed by atoms with Crippen molar-refractivity contribution >= 4 is 22.9 Å². The number of nitrogens with zero attached hydrogens (tertiary/aromatic N) is 1. The summed E-state index contributed by atoms with van der Waals surface area (Å²) in [4.78, 5) is 15.6. The van der Waals surface area contributed by atoms with Gasteiger partial charge in [-0.3, -0.25) is 4.79 Å². The van der Waals surface area contributed by atoms with Crippen LogP contribution in [0.1, 0.15) is 23.8 Å². The van der Waals surface area contributed by atoms with Crippen molar-refractivity contribution in [2.24, 2.45) is 0 Å². The van der Waals surface area contributed by atoms with E-state index in [1.807, 2.05) is 22.4 Å². The number of halogens is 2. The molecule has 3 heterocycles. The number of ether oxygens (including phenoxy) is 2. The number of fused-ring (bicyclic) bond motifs is 1. The lowest BCUT2D eigenvalue weighted by Gasteiger charge is -2.24. The zero-order valence-corrected chi connectivity index (χ0v) is 14.0. The Hall–Kier alpha value is -2.35. The van der Waals surface area contributed by atoms with Crippen LogP contribution in [0.4, 0.5) is 14.5 Å². The molecule has 0 aliphatic carbocycles. The van der Waals surface area contributed by atoms with E-state index in [0.29, 0.717) is 5.69 Å². The van der Waals surface area contributed by atoms with Crippen LogP contribution in [0.5, 0.6) is 11.5 Å². The van der Waals surface area contributed by atoms with E-state index < -0.39 is 6.29 Å². The van der Waals surface area contributed by atoms with Gasteiger partial charge < -0.3 is 19.7 Å². The van der Waals surface area contributed by atoms with Crippen LogP contribution < -0.4 is 14.8 Å². The number of benzene rings is 1. The molecule has 0 bridgehead atoms. The smallest absolute Gasteiger partial charge is 0.395 e. The maximum Gasteiger partial charge on any atom is 0.586 e. The van der Waals surface area contributed by atoms with E-state index in [4.69, 9.17) is 0 Å². The van der Waals surface area contributed by atoms with Crippen molar-refractivity contribution in [1.29, 1.82) is 0 Å². The predicted octanol–water partition coefficient (Wildman–Crippen LogP) is 3.85. The van der Waals surface area contributed by atoms with E-state index in [-0.39, 0.29) is 30.0 Å². The number of nitrogens with one attached hydrogen (secondary N) is 1. The van der Waals surface area contributed by atoms with Crippen LogP contribution in [0.2, 0.25) is 0 Å². The monoisotopic (exact) mass is 366 g/mol. The van der Waals surface area contributed by atoms with Crippen molar-refractivity contribution in [3.05, 3.63) is 40.6 Å². The van der Waals surface area contributed by atoms with Crippen molar-refractivity contribution in [3.8, 4) is 11.5 Å². The van der Waals surface area contributed by atoms with Crippen LogP contribution in [0.15, 0.2) is 35.7 Å². The molecule has 5 nitrogen and oxygen atoms in total. The first-order chi connectivity index (χ1) is 12.0. The van der Waals surface area contributed by atoms with Crippen LogP contribution in [-0.2, 0) is 4.79 Å². The van der Waals surface area contributed by atoms with Crippen LogP contribution in [0, 0.1) is 0 Å². The van der Waals surface area contributed by atoms with Gasteiger partial charge in [0, 0.05) is 23.2 Å². The molecule has 0 saturated carbocycles. The zero-order chi connectivity index (χ0) is 17.4. The second-order valence-corrected chi connectivity index (χ2v) is 6.92. The van der Waals surface area contributed by atoms with E-state index in [2.05, 4.69) is 14.8 Å². The van der Waals surface area contributed by atoms with Crippen molar-refractivity contribution in [2.75, 3.05) is 18.4 Å². The summed E-state index contributed by atoms with van der Waals surface area (Å²) in [6.07, 6.45) is -1.70. The van der Waals surface area contributed by atoms with E-state index in [1.165, 1.54) is 17.0 Å². The molecule has 0 unspecified atom stereocenters. The fourth-order valence-corrected chi connectivity index (χ4v) is 4.05. The van der Waals surface area contributed by atoms with Gasteiger partial charge in [-0.2, -0.15) is 0 Å². The van der Waals surface area contributed by atoms with Crippen molar-refractivity contribution in [1.82, 2.24) is 4.90 Å². The maximum atomic E-state index is 13.0. The van der Waals surface area contributed by atoms with Crippen molar-refractivity contribution < 1.29 is 23.0 Å². The molecule has 1 aromatic carbocycles. The molecule has 2 aliphatic rings. The van der Waals surface area contributed by atoms with Gasteiger partial charge >= 0.3 is 6.29 Å². The van der Waals surface area contributed by atoms with Crippen molar-refractivity contribution in [3.63, 3.8) is 0 Å². The van der Waals surface area contributed by atoms with Crippen LogP contribution in [-0.4, -0.2) is 30.2 Å². The number of likely N-dealkylation sites (tertiary alicyclic amines) is 1. The third-order valence-corrected chi connectivity index (χ3v) is 5.26. The second-order valence-electron chi connectivity index (χ2n) is 5.94. The highest BCUT2D eigenvalue weighted by molar-refractivity contribution is 7.10. The van der Waals surface area contributed by atoms with Gasteiger partial charge in [0.2, 0.25) is 5.91 Å². The minimum atomic E-state index is -3.64.